The number of benzene rings is 2. The molecule has 2 amide bonds. The van der Waals surface area contributed by atoms with Crippen LogP contribution in [-0.4, -0.2) is 54.0 Å². The monoisotopic (exact) mass is 467 g/mol. The molecule has 9 nitrogen and oxygen atoms in total. The Kier molecular flexibility index (Phi) is 7.22. The van der Waals surface area contributed by atoms with Crippen LogP contribution in [0.15, 0.2) is 48.7 Å². The Morgan fingerprint density at radius 3 is 2.74 bits per heavy atom. The number of H-pyrrole nitrogens is 1. The van der Waals surface area contributed by atoms with Crippen LogP contribution in [0.3, 0.4) is 0 Å². The third-order valence-corrected chi connectivity index (χ3v) is 5.55. The fraction of sp³-hybridized carbons (Fsp3) is 0.360. The number of nitrogens with one attached hydrogen (secondary N) is 3. The van der Waals surface area contributed by atoms with Gasteiger partial charge in [0.2, 0.25) is 18.6 Å². The highest BCUT2D eigenvalue weighted by molar-refractivity contribution is 5.90. The molecule has 2 heterocycles. The van der Waals surface area contributed by atoms with E-state index in [1.165, 1.54) is 0 Å². The summed E-state index contributed by atoms with van der Waals surface area (Å²) in [6.45, 7) is 3.66. The van der Waals surface area contributed by atoms with Crippen LogP contribution in [0.4, 0.5) is 0 Å². The van der Waals surface area contributed by atoms with E-state index in [2.05, 4.69) is 15.6 Å². The van der Waals surface area contributed by atoms with E-state index in [0.717, 1.165) is 16.5 Å². The van der Waals surface area contributed by atoms with Crippen molar-refractivity contribution in [2.45, 2.75) is 32.4 Å². The van der Waals surface area contributed by atoms with Gasteiger partial charge >= 0.3 is 0 Å². The van der Waals surface area contributed by atoms with Gasteiger partial charge in [0.25, 0.3) is 0 Å². The number of amides is 2. The van der Waals surface area contributed by atoms with Crippen LogP contribution in [0.2, 0.25) is 0 Å². The van der Waals surface area contributed by atoms with E-state index in [4.69, 9.17) is 14.2 Å². The minimum Gasteiger partial charge on any atom is -0.491 e. The van der Waals surface area contributed by atoms with Crippen LogP contribution in [0.25, 0.3) is 10.9 Å². The molecule has 2 unspecified atom stereocenters. The number of aromatic nitrogens is 1. The van der Waals surface area contributed by atoms with Crippen molar-refractivity contribution in [2.75, 3.05) is 19.9 Å². The zero-order valence-corrected chi connectivity index (χ0v) is 19.2. The predicted octanol–water partition coefficient (Wildman–Crippen LogP) is 2.14. The number of rotatable bonds is 10. The largest absolute Gasteiger partial charge is 0.491 e. The Hall–Kier alpha value is -3.72. The molecule has 1 aliphatic heterocycles. The standard InChI is InChI=1S/C25H29N3O6/c1-15(2)24(30)28-21(9-16-11-26-20-6-4-3-5-19(16)20)25(31)27-12-17(29)13-32-18-7-8-22-23(10-18)34-14-33-22/h3-8,10-11,15,17,21,26,29H,9,12-14H2,1-2H3,(H,27,31)(H,28,30). The van der Waals surface area contributed by atoms with Crippen LogP contribution >= 0.6 is 0 Å². The molecule has 2 atom stereocenters. The molecule has 1 aliphatic rings. The first-order valence-electron chi connectivity index (χ1n) is 11.2. The van der Waals surface area contributed by atoms with Gasteiger partial charge in [-0.1, -0.05) is 32.0 Å². The molecule has 0 fully saturated rings. The van der Waals surface area contributed by atoms with Crippen molar-refractivity contribution in [2.24, 2.45) is 5.92 Å². The van der Waals surface area contributed by atoms with E-state index in [1.54, 1.807) is 32.0 Å². The van der Waals surface area contributed by atoms with E-state index in [0.29, 0.717) is 23.7 Å². The number of carbonyl (C=O) groups excluding carboxylic acids is 2. The van der Waals surface area contributed by atoms with Gasteiger partial charge in [-0.05, 0) is 23.8 Å². The van der Waals surface area contributed by atoms with E-state index in [-0.39, 0.29) is 37.7 Å². The summed E-state index contributed by atoms with van der Waals surface area (Å²) in [5.74, 6) is 0.897. The normalized spacial score (nSPS) is 14.1. The third kappa shape index (κ3) is 5.60. The lowest BCUT2D eigenvalue weighted by Crippen LogP contribution is -2.50. The van der Waals surface area contributed by atoms with Gasteiger partial charge < -0.3 is 34.9 Å². The first-order valence-corrected chi connectivity index (χ1v) is 11.2. The lowest BCUT2D eigenvalue weighted by molar-refractivity contribution is -0.130. The highest BCUT2D eigenvalue weighted by atomic mass is 16.7. The van der Waals surface area contributed by atoms with Crippen molar-refractivity contribution in [1.82, 2.24) is 15.6 Å². The highest BCUT2D eigenvalue weighted by Gasteiger charge is 2.24. The molecule has 4 rings (SSSR count). The SMILES string of the molecule is CC(C)C(=O)NC(Cc1c[nH]c2ccccc12)C(=O)NCC(O)COc1ccc2c(c1)OCO2. The molecule has 0 radical (unpaired) electrons. The lowest BCUT2D eigenvalue weighted by Gasteiger charge is -2.21. The summed E-state index contributed by atoms with van der Waals surface area (Å²) in [4.78, 5) is 28.5. The minimum atomic E-state index is -0.941. The van der Waals surface area contributed by atoms with Crippen molar-refractivity contribution < 1.29 is 28.9 Å². The second kappa shape index (κ2) is 10.5. The van der Waals surface area contributed by atoms with Gasteiger partial charge in [-0.25, -0.2) is 0 Å². The molecule has 0 spiro atoms. The maximum Gasteiger partial charge on any atom is 0.243 e. The first-order chi connectivity index (χ1) is 16.4. The van der Waals surface area contributed by atoms with Gasteiger partial charge in [0.1, 0.15) is 24.5 Å². The van der Waals surface area contributed by atoms with Crippen molar-refractivity contribution >= 4 is 22.7 Å². The van der Waals surface area contributed by atoms with Gasteiger partial charge in [0.05, 0.1) is 0 Å². The van der Waals surface area contributed by atoms with E-state index in [1.807, 2.05) is 30.5 Å². The Bertz CT molecular complexity index is 1160. The Morgan fingerprint density at radius 1 is 1.12 bits per heavy atom. The number of hydrogen-bond donors (Lipinski definition) is 4. The summed E-state index contributed by atoms with van der Waals surface area (Å²) >= 11 is 0. The summed E-state index contributed by atoms with van der Waals surface area (Å²) in [6.07, 6.45) is 1.22. The number of fused-ring (bicyclic) bond motifs is 2. The van der Waals surface area contributed by atoms with Crippen molar-refractivity contribution in [1.29, 1.82) is 0 Å². The molecule has 0 saturated carbocycles. The van der Waals surface area contributed by atoms with Gasteiger partial charge in [0, 0.05) is 42.0 Å². The Morgan fingerprint density at radius 2 is 1.91 bits per heavy atom. The molecule has 2 aromatic carbocycles. The number of aromatic amines is 1. The number of carbonyl (C=O) groups is 2. The molecule has 0 aliphatic carbocycles. The van der Waals surface area contributed by atoms with E-state index in [9.17, 15) is 14.7 Å². The quantitative estimate of drug-likeness (QED) is 0.362. The fourth-order valence-electron chi connectivity index (χ4n) is 3.63. The maximum absolute atomic E-state index is 13.0. The third-order valence-electron chi connectivity index (χ3n) is 5.55. The van der Waals surface area contributed by atoms with Crippen molar-refractivity contribution in [3.63, 3.8) is 0 Å². The number of aliphatic hydroxyl groups is 1. The molecule has 0 saturated heterocycles. The van der Waals surface area contributed by atoms with Gasteiger partial charge in [-0.15, -0.1) is 0 Å². The van der Waals surface area contributed by atoms with Gasteiger partial charge in [-0.2, -0.15) is 0 Å². The zero-order chi connectivity index (χ0) is 24.1. The summed E-state index contributed by atoms with van der Waals surface area (Å²) < 4.78 is 16.2. The molecule has 0 bridgehead atoms. The summed E-state index contributed by atoms with van der Waals surface area (Å²) in [5.41, 5.74) is 1.88. The molecular weight excluding hydrogens is 438 g/mol. The summed E-state index contributed by atoms with van der Waals surface area (Å²) in [7, 11) is 0. The smallest absolute Gasteiger partial charge is 0.243 e. The molecule has 180 valence electrons. The molecule has 9 heteroatoms. The fourth-order valence-corrected chi connectivity index (χ4v) is 3.63. The average Bonchev–Trinajstić information content (AvgIpc) is 3.47. The lowest BCUT2D eigenvalue weighted by atomic mass is 10.0. The first kappa shape index (κ1) is 23.4. The van der Waals surface area contributed by atoms with Gasteiger partial charge in [0.15, 0.2) is 11.5 Å². The number of aliphatic hydroxyl groups excluding tert-OH is 1. The topological polar surface area (TPSA) is 122 Å². The van der Waals surface area contributed by atoms with Crippen LogP contribution < -0.4 is 24.8 Å². The van der Waals surface area contributed by atoms with Crippen LogP contribution in [0.5, 0.6) is 17.2 Å². The Labute approximate surface area is 197 Å². The maximum atomic E-state index is 13.0. The van der Waals surface area contributed by atoms with Crippen molar-refractivity contribution in [3.05, 3.63) is 54.2 Å². The predicted molar refractivity (Wildman–Crippen MR) is 126 cm³/mol. The Balaban J connectivity index is 1.34. The van der Waals surface area contributed by atoms with E-state index < -0.39 is 12.1 Å². The molecule has 4 N–H and O–H groups in total. The average molecular weight is 468 g/mol. The van der Waals surface area contributed by atoms with E-state index >= 15 is 0 Å². The van der Waals surface area contributed by atoms with Crippen LogP contribution in [0, 0.1) is 5.92 Å². The van der Waals surface area contributed by atoms with Crippen molar-refractivity contribution in [3.8, 4) is 17.2 Å². The molecule has 1 aromatic heterocycles. The zero-order valence-electron chi connectivity index (χ0n) is 19.2. The number of para-hydroxylation sites is 1. The summed E-state index contributed by atoms with van der Waals surface area (Å²) in [5, 5.41) is 16.9. The molecule has 34 heavy (non-hydrogen) atoms. The minimum absolute atomic E-state index is 0.0224. The van der Waals surface area contributed by atoms with Crippen LogP contribution in [0.1, 0.15) is 19.4 Å². The highest BCUT2D eigenvalue weighted by Crippen LogP contribution is 2.35. The van der Waals surface area contributed by atoms with Gasteiger partial charge in [-0.3, -0.25) is 9.59 Å². The number of hydrogen-bond acceptors (Lipinski definition) is 6. The molecular formula is C25H29N3O6. The second-order valence-electron chi connectivity index (χ2n) is 8.50. The summed E-state index contributed by atoms with van der Waals surface area (Å²) in [6, 6.07) is 12.1. The number of ether oxygens (including phenoxy) is 3. The second-order valence-corrected chi connectivity index (χ2v) is 8.50. The molecule has 3 aromatic rings. The van der Waals surface area contributed by atoms with Crippen LogP contribution in [-0.2, 0) is 16.0 Å².